The van der Waals surface area contributed by atoms with E-state index in [1.54, 1.807) is 18.2 Å². The molecule has 4 rings (SSSR count). The molecule has 1 aliphatic rings. The smallest absolute Gasteiger partial charge is 0.253 e. The molecule has 1 atom stereocenters. The highest BCUT2D eigenvalue weighted by Crippen LogP contribution is 2.25. The van der Waals surface area contributed by atoms with Crippen LogP contribution in [0.3, 0.4) is 0 Å². The van der Waals surface area contributed by atoms with Gasteiger partial charge in [-0.05, 0) is 43.3 Å². The molecule has 0 unspecified atom stereocenters. The minimum absolute atomic E-state index is 0.0597. The van der Waals surface area contributed by atoms with Crippen LogP contribution < -0.4 is 16.2 Å². The third-order valence-electron chi connectivity index (χ3n) is 4.24. The lowest BCUT2D eigenvalue weighted by Gasteiger charge is -2.15. The van der Waals surface area contributed by atoms with Crippen LogP contribution in [0.15, 0.2) is 41.2 Å². The maximum Gasteiger partial charge on any atom is 0.253 e. The number of benzene rings is 1. The second kappa shape index (κ2) is 5.89. The van der Waals surface area contributed by atoms with Crippen LogP contribution in [0.5, 0.6) is 0 Å². The van der Waals surface area contributed by atoms with Crippen LogP contribution in [-0.4, -0.2) is 15.9 Å². The fourth-order valence-corrected chi connectivity index (χ4v) is 3.17. The Morgan fingerprint density at radius 2 is 2.04 bits per heavy atom. The lowest BCUT2D eigenvalue weighted by molar-refractivity contribution is -0.115. The zero-order valence-corrected chi connectivity index (χ0v) is 14.1. The fraction of sp³-hybridized carbons (Fsp3) is 0.167. The summed E-state index contributed by atoms with van der Waals surface area (Å²) in [5, 5.41) is 7.45. The number of aromatic nitrogens is 2. The number of anilines is 2. The number of aromatic amines is 1. The summed E-state index contributed by atoms with van der Waals surface area (Å²) in [4.78, 5) is 31.1. The molecule has 6 nitrogen and oxygen atoms in total. The predicted molar refractivity (Wildman–Crippen MR) is 98.2 cm³/mol. The van der Waals surface area contributed by atoms with Crippen LogP contribution in [0.25, 0.3) is 10.9 Å². The highest BCUT2D eigenvalue weighted by Gasteiger charge is 2.20. The van der Waals surface area contributed by atoms with Crippen molar-refractivity contribution in [3.05, 3.63) is 63.0 Å². The first-order valence-corrected chi connectivity index (χ1v) is 8.26. The van der Waals surface area contributed by atoms with E-state index in [1.165, 1.54) is 0 Å². The number of hydrogen-bond acceptors (Lipinski definition) is 4. The summed E-state index contributed by atoms with van der Waals surface area (Å²) in [6.45, 7) is 1.89. The highest BCUT2D eigenvalue weighted by atomic mass is 35.5. The Labute approximate surface area is 148 Å². The molecule has 1 aromatic carbocycles. The van der Waals surface area contributed by atoms with Crippen molar-refractivity contribution in [1.29, 1.82) is 0 Å². The first-order chi connectivity index (χ1) is 12.0. The number of halogens is 1. The van der Waals surface area contributed by atoms with Gasteiger partial charge in [0.2, 0.25) is 5.91 Å². The summed E-state index contributed by atoms with van der Waals surface area (Å²) >= 11 is 6.03. The van der Waals surface area contributed by atoms with Crippen molar-refractivity contribution in [2.45, 2.75) is 19.4 Å². The van der Waals surface area contributed by atoms with Gasteiger partial charge in [-0.2, -0.15) is 0 Å². The molecule has 0 spiro atoms. The molecular weight excluding hydrogens is 340 g/mol. The number of carbonyl (C=O) groups is 1. The summed E-state index contributed by atoms with van der Waals surface area (Å²) in [6, 6.07) is 10.5. The number of nitrogens with zero attached hydrogens (tertiary/aromatic N) is 1. The third kappa shape index (κ3) is 2.96. The monoisotopic (exact) mass is 354 g/mol. The maximum atomic E-state index is 12.4. The molecule has 25 heavy (non-hydrogen) atoms. The van der Waals surface area contributed by atoms with Gasteiger partial charge < -0.3 is 15.6 Å². The van der Waals surface area contributed by atoms with E-state index in [-0.39, 0.29) is 23.9 Å². The lowest BCUT2D eigenvalue weighted by atomic mass is 10.1. The Morgan fingerprint density at radius 1 is 1.20 bits per heavy atom. The molecule has 0 aliphatic carbocycles. The standard InChI is InChI=1S/C18H15ClN4O2/c1-9(20-16-5-4-14-15(21-16)8-17(24)22-14)12-7-10-6-11(19)2-3-13(10)23-18(12)25/h2-7,9H,8H2,1H3,(H,20,21)(H,22,24)(H,23,25)/t9-/m0/s1. The van der Waals surface area contributed by atoms with Crippen molar-refractivity contribution in [2.24, 2.45) is 0 Å². The molecule has 0 bridgehead atoms. The highest BCUT2D eigenvalue weighted by molar-refractivity contribution is 6.31. The molecule has 1 amide bonds. The number of H-pyrrole nitrogens is 1. The maximum absolute atomic E-state index is 12.4. The normalized spacial score (nSPS) is 14.2. The number of nitrogens with one attached hydrogen (secondary N) is 3. The minimum atomic E-state index is -0.261. The van der Waals surface area contributed by atoms with Crippen molar-refractivity contribution in [2.75, 3.05) is 10.6 Å². The quantitative estimate of drug-likeness (QED) is 0.673. The average Bonchev–Trinajstić information content (AvgIpc) is 2.93. The number of carbonyl (C=O) groups excluding carboxylic acids is 1. The molecule has 1 aliphatic heterocycles. The van der Waals surface area contributed by atoms with Gasteiger partial charge in [0.05, 0.1) is 23.8 Å². The SMILES string of the molecule is C[C@H](Nc1ccc2c(n1)CC(=O)N2)c1cc2cc(Cl)ccc2[nH]c1=O. The summed E-state index contributed by atoms with van der Waals surface area (Å²) in [6.07, 6.45) is 0.272. The molecule has 7 heteroatoms. The van der Waals surface area contributed by atoms with Crippen molar-refractivity contribution < 1.29 is 4.79 Å². The molecule has 3 N–H and O–H groups in total. The van der Waals surface area contributed by atoms with E-state index < -0.39 is 0 Å². The van der Waals surface area contributed by atoms with E-state index in [0.29, 0.717) is 22.1 Å². The number of fused-ring (bicyclic) bond motifs is 2. The van der Waals surface area contributed by atoms with Crippen molar-refractivity contribution in [1.82, 2.24) is 9.97 Å². The summed E-state index contributed by atoms with van der Waals surface area (Å²) < 4.78 is 0. The van der Waals surface area contributed by atoms with Crippen molar-refractivity contribution in [3.8, 4) is 0 Å². The predicted octanol–water partition coefficient (Wildman–Crippen LogP) is 3.24. The van der Waals surface area contributed by atoms with Gasteiger partial charge in [0.25, 0.3) is 5.56 Å². The topological polar surface area (TPSA) is 86.9 Å². The van der Waals surface area contributed by atoms with Crippen molar-refractivity contribution >= 4 is 39.9 Å². The van der Waals surface area contributed by atoms with E-state index in [4.69, 9.17) is 11.6 Å². The van der Waals surface area contributed by atoms with Gasteiger partial charge in [-0.15, -0.1) is 0 Å². The number of pyridine rings is 2. The molecule has 2 aromatic heterocycles. The lowest BCUT2D eigenvalue weighted by Crippen LogP contribution is -2.19. The van der Waals surface area contributed by atoms with Crippen LogP contribution in [0.1, 0.15) is 24.2 Å². The minimum Gasteiger partial charge on any atom is -0.363 e. The van der Waals surface area contributed by atoms with Gasteiger partial charge in [-0.25, -0.2) is 4.98 Å². The Morgan fingerprint density at radius 3 is 2.88 bits per heavy atom. The molecule has 0 radical (unpaired) electrons. The Bertz CT molecular complexity index is 1060. The summed E-state index contributed by atoms with van der Waals surface area (Å²) in [5.41, 5.74) is 2.62. The van der Waals surface area contributed by atoms with Crippen LogP contribution >= 0.6 is 11.6 Å². The zero-order chi connectivity index (χ0) is 17.6. The molecule has 0 saturated heterocycles. The first-order valence-electron chi connectivity index (χ1n) is 7.88. The van der Waals surface area contributed by atoms with Gasteiger partial charge in [0.1, 0.15) is 5.82 Å². The first kappa shape index (κ1) is 15.7. The van der Waals surface area contributed by atoms with Gasteiger partial charge in [0.15, 0.2) is 0 Å². The van der Waals surface area contributed by atoms with Crippen molar-refractivity contribution in [3.63, 3.8) is 0 Å². The second-order valence-corrected chi connectivity index (χ2v) is 6.50. The third-order valence-corrected chi connectivity index (χ3v) is 4.48. The molecule has 126 valence electrons. The number of rotatable bonds is 3. The van der Waals surface area contributed by atoms with E-state index >= 15 is 0 Å². The van der Waals surface area contributed by atoms with Gasteiger partial charge in [-0.3, -0.25) is 9.59 Å². The van der Waals surface area contributed by atoms with E-state index in [1.807, 2.05) is 25.1 Å². The Balaban J connectivity index is 1.65. The number of hydrogen-bond donors (Lipinski definition) is 3. The Hall–Kier alpha value is -2.86. The largest absolute Gasteiger partial charge is 0.363 e. The average molecular weight is 355 g/mol. The van der Waals surface area contributed by atoms with E-state index in [2.05, 4.69) is 20.6 Å². The molecule has 0 saturated carbocycles. The van der Waals surface area contributed by atoms with Gasteiger partial charge in [-0.1, -0.05) is 11.6 Å². The Kier molecular flexibility index (Phi) is 3.69. The van der Waals surface area contributed by atoms with Crippen LogP contribution in [0.2, 0.25) is 5.02 Å². The molecule has 3 heterocycles. The molecule has 0 fully saturated rings. The second-order valence-electron chi connectivity index (χ2n) is 6.07. The molecular formula is C18H15ClN4O2. The zero-order valence-electron chi connectivity index (χ0n) is 13.4. The van der Waals surface area contributed by atoms with Crippen LogP contribution in [0.4, 0.5) is 11.5 Å². The van der Waals surface area contributed by atoms with E-state index in [0.717, 1.165) is 16.6 Å². The van der Waals surface area contributed by atoms with Crippen LogP contribution in [0, 0.1) is 0 Å². The fourth-order valence-electron chi connectivity index (χ4n) is 2.99. The van der Waals surface area contributed by atoms with E-state index in [9.17, 15) is 9.59 Å². The van der Waals surface area contributed by atoms with Crippen LogP contribution in [-0.2, 0) is 11.2 Å². The van der Waals surface area contributed by atoms with Gasteiger partial charge in [0, 0.05) is 21.5 Å². The summed E-state index contributed by atoms with van der Waals surface area (Å²) in [7, 11) is 0. The number of amides is 1. The molecule has 3 aromatic rings. The summed E-state index contributed by atoms with van der Waals surface area (Å²) in [5.74, 6) is 0.559. The van der Waals surface area contributed by atoms with Gasteiger partial charge >= 0.3 is 0 Å².